The first-order valence-electron chi connectivity index (χ1n) is 3.75. The van der Waals surface area contributed by atoms with Crippen LogP contribution in [-0.2, 0) is 0 Å². The van der Waals surface area contributed by atoms with Crippen molar-refractivity contribution in [2.45, 2.75) is 19.8 Å². The van der Waals surface area contributed by atoms with Gasteiger partial charge in [0.05, 0.1) is 0 Å². The predicted molar refractivity (Wildman–Crippen MR) is 59.2 cm³/mol. The summed E-state index contributed by atoms with van der Waals surface area (Å²) < 4.78 is 0. The maximum absolute atomic E-state index is 2.73. The molecule has 0 amide bonds. The lowest BCUT2D eigenvalue weighted by molar-refractivity contribution is 0.869. The molecule has 2 heteroatoms. The summed E-state index contributed by atoms with van der Waals surface area (Å²) in [5.41, 5.74) is 1.41. The zero-order chi connectivity index (χ0) is 8.43. The van der Waals surface area contributed by atoms with Gasteiger partial charge in [-0.2, -0.15) is 0 Å². The van der Waals surface area contributed by atoms with E-state index in [1.54, 1.807) is 0 Å². The van der Waals surface area contributed by atoms with E-state index in [9.17, 15) is 0 Å². The summed E-state index contributed by atoms with van der Waals surface area (Å²) >= 11 is 0. The molecule has 0 saturated carbocycles. The van der Waals surface area contributed by atoms with Crippen molar-refractivity contribution >= 4 is 29.1 Å². The van der Waals surface area contributed by atoms with E-state index in [1.807, 2.05) is 0 Å². The zero-order valence-electron chi connectivity index (χ0n) is 6.96. The minimum absolute atomic E-state index is 0.620. The van der Waals surface area contributed by atoms with Crippen LogP contribution in [0.15, 0.2) is 18.2 Å². The van der Waals surface area contributed by atoms with Crippen molar-refractivity contribution in [1.29, 1.82) is 0 Å². The summed E-state index contributed by atoms with van der Waals surface area (Å²) in [6.45, 7) is 4.42. The van der Waals surface area contributed by atoms with E-state index in [0.717, 1.165) is 0 Å². The third kappa shape index (κ3) is 2.55. The van der Waals surface area contributed by atoms with Gasteiger partial charge in [0, 0.05) is 0 Å². The van der Waals surface area contributed by atoms with Gasteiger partial charge in [-0.05, 0) is 28.2 Å². The normalized spacial score (nSPS) is 10.6. The molecule has 0 spiro atoms. The molecule has 0 heterocycles. The molecule has 0 radical (unpaired) electrons. The standard InChI is InChI=1S/C9H14P2/c1-6(2)7-3-8(10)5-9(11)4-7/h3-6H,10-11H2,1-2H3. The van der Waals surface area contributed by atoms with Crippen LogP contribution in [0.4, 0.5) is 0 Å². The Labute approximate surface area is 73.2 Å². The molecule has 0 bridgehead atoms. The highest BCUT2D eigenvalue weighted by molar-refractivity contribution is 7.29. The summed E-state index contributed by atoms with van der Waals surface area (Å²) in [4.78, 5) is 0. The Kier molecular flexibility index (Phi) is 3.05. The largest absolute Gasteiger partial charge is 0.106 e. The van der Waals surface area contributed by atoms with Crippen LogP contribution in [0, 0.1) is 0 Å². The topological polar surface area (TPSA) is 0 Å². The van der Waals surface area contributed by atoms with Gasteiger partial charge in [0.15, 0.2) is 0 Å². The Balaban J connectivity index is 3.08. The maximum atomic E-state index is 2.73. The van der Waals surface area contributed by atoms with E-state index >= 15 is 0 Å². The summed E-state index contributed by atoms with van der Waals surface area (Å²) in [6, 6.07) is 6.56. The van der Waals surface area contributed by atoms with Crippen LogP contribution in [0.1, 0.15) is 25.3 Å². The van der Waals surface area contributed by atoms with Gasteiger partial charge in [-0.3, -0.25) is 0 Å². The SMILES string of the molecule is CC(C)c1cc(P)cc(P)c1. The molecule has 0 N–H and O–H groups in total. The molecule has 0 aliphatic rings. The van der Waals surface area contributed by atoms with Gasteiger partial charge in [0.25, 0.3) is 0 Å². The molecule has 0 aliphatic heterocycles. The summed E-state index contributed by atoms with van der Waals surface area (Å²) in [5.74, 6) is 0.620. The highest BCUT2D eigenvalue weighted by Crippen LogP contribution is 2.12. The number of hydrogen-bond donors (Lipinski definition) is 0. The molecule has 0 aromatic heterocycles. The quantitative estimate of drug-likeness (QED) is 0.584. The molecular formula is C9H14P2. The van der Waals surface area contributed by atoms with Crippen molar-refractivity contribution in [3.63, 3.8) is 0 Å². The fraction of sp³-hybridized carbons (Fsp3) is 0.333. The molecular weight excluding hydrogens is 170 g/mol. The van der Waals surface area contributed by atoms with Gasteiger partial charge in [-0.15, -0.1) is 18.5 Å². The average Bonchev–Trinajstić information content (AvgIpc) is 1.85. The fourth-order valence-corrected chi connectivity index (χ4v) is 2.00. The van der Waals surface area contributed by atoms with Crippen LogP contribution in [-0.4, -0.2) is 0 Å². The number of hydrogen-bond acceptors (Lipinski definition) is 0. The Morgan fingerprint density at radius 3 is 1.82 bits per heavy atom. The Morgan fingerprint density at radius 2 is 1.45 bits per heavy atom. The van der Waals surface area contributed by atoms with Gasteiger partial charge in [-0.1, -0.05) is 26.0 Å². The van der Waals surface area contributed by atoms with Crippen LogP contribution >= 0.6 is 18.5 Å². The van der Waals surface area contributed by atoms with Crippen LogP contribution in [0.5, 0.6) is 0 Å². The highest BCUT2D eigenvalue weighted by Gasteiger charge is 1.99. The maximum Gasteiger partial charge on any atom is -0.0218 e. The highest BCUT2D eigenvalue weighted by atomic mass is 31.0. The lowest BCUT2D eigenvalue weighted by Crippen LogP contribution is -2.04. The summed E-state index contributed by atoms with van der Waals surface area (Å²) in [5, 5.41) is 2.53. The molecule has 1 aromatic rings. The lowest BCUT2D eigenvalue weighted by Gasteiger charge is -2.07. The van der Waals surface area contributed by atoms with Crippen molar-refractivity contribution in [3.05, 3.63) is 23.8 Å². The third-order valence-electron chi connectivity index (χ3n) is 1.67. The second-order valence-corrected chi connectivity index (χ2v) is 4.42. The van der Waals surface area contributed by atoms with Gasteiger partial charge in [0.2, 0.25) is 0 Å². The van der Waals surface area contributed by atoms with Gasteiger partial charge < -0.3 is 0 Å². The minimum atomic E-state index is 0.620. The van der Waals surface area contributed by atoms with Crippen LogP contribution in [0.3, 0.4) is 0 Å². The van der Waals surface area contributed by atoms with Crippen molar-refractivity contribution < 1.29 is 0 Å². The Morgan fingerprint density at radius 1 is 1.00 bits per heavy atom. The van der Waals surface area contributed by atoms with E-state index in [4.69, 9.17) is 0 Å². The van der Waals surface area contributed by atoms with Crippen molar-refractivity contribution in [1.82, 2.24) is 0 Å². The smallest absolute Gasteiger partial charge is 0.0218 e. The second kappa shape index (κ2) is 3.65. The molecule has 0 aliphatic carbocycles. The first-order valence-corrected chi connectivity index (χ1v) is 4.91. The Hall–Kier alpha value is 0.0800. The van der Waals surface area contributed by atoms with Crippen molar-refractivity contribution in [2.24, 2.45) is 0 Å². The first kappa shape index (κ1) is 9.17. The fourth-order valence-electron chi connectivity index (χ4n) is 1.04. The average molecular weight is 184 g/mol. The zero-order valence-corrected chi connectivity index (χ0v) is 9.27. The van der Waals surface area contributed by atoms with Crippen molar-refractivity contribution in [2.75, 3.05) is 0 Å². The van der Waals surface area contributed by atoms with E-state index in [-0.39, 0.29) is 0 Å². The van der Waals surface area contributed by atoms with Crippen LogP contribution in [0.25, 0.3) is 0 Å². The van der Waals surface area contributed by atoms with Gasteiger partial charge in [0.1, 0.15) is 0 Å². The van der Waals surface area contributed by atoms with E-state index in [1.165, 1.54) is 16.2 Å². The summed E-state index contributed by atoms with van der Waals surface area (Å²) in [6.07, 6.45) is 0. The van der Waals surface area contributed by atoms with E-state index in [0.29, 0.717) is 5.92 Å². The molecule has 1 aromatic carbocycles. The van der Waals surface area contributed by atoms with Crippen molar-refractivity contribution in [3.8, 4) is 0 Å². The number of benzene rings is 1. The van der Waals surface area contributed by atoms with E-state index in [2.05, 4.69) is 50.5 Å². The van der Waals surface area contributed by atoms with E-state index < -0.39 is 0 Å². The molecule has 60 valence electrons. The Bertz CT molecular complexity index is 233. The molecule has 2 atom stereocenters. The lowest BCUT2D eigenvalue weighted by atomic mass is 10.0. The molecule has 0 saturated heterocycles. The molecule has 2 unspecified atom stereocenters. The van der Waals surface area contributed by atoms with Crippen LogP contribution in [0.2, 0.25) is 0 Å². The summed E-state index contributed by atoms with van der Waals surface area (Å²) in [7, 11) is 5.46. The number of rotatable bonds is 1. The first-order chi connectivity index (χ1) is 5.09. The second-order valence-electron chi connectivity index (χ2n) is 3.09. The third-order valence-corrected chi connectivity index (χ3v) is 2.33. The predicted octanol–water partition coefficient (Wildman–Crippen LogP) is 1.81. The molecule has 0 fully saturated rings. The molecule has 0 nitrogen and oxygen atoms in total. The van der Waals surface area contributed by atoms with Gasteiger partial charge >= 0.3 is 0 Å². The van der Waals surface area contributed by atoms with Crippen LogP contribution < -0.4 is 10.6 Å². The van der Waals surface area contributed by atoms with Gasteiger partial charge in [-0.25, -0.2) is 0 Å². The minimum Gasteiger partial charge on any atom is -0.106 e. The molecule has 1 rings (SSSR count). The molecule has 11 heavy (non-hydrogen) atoms. The monoisotopic (exact) mass is 184 g/mol.